The van der Waals surface area contributed by atoms with Gasteiger partial charge in [0.25, 0.3) is 0 Å². The SMILES string of the molecule is CN1c2c(F)cccc2S(=O)(=O)CC1CCO. The first kappa shape index (κ1) is 12.3. The van der Waals surface area contributed by atoms with E-state index in [1.807, 2.05) is 0 Å². The number of nitrogens with zero attached hydrogens (tertiary/aromatic N) is 1. The second kappa shape index (κ2) is 4.27. The quantitative estimate of drug-likeness (QED) is 0.853. The van der Waals surface area contributed by atoms with Crippen LogP contribution in [-0.2, 0) is 9.84 Å². The fourth-order valence-electron chi connectivity index (χ4n) is 2.15. The Morgan fingerprint density at radius 1 is 1.53 bits per heavy atom. The molecule has 0 aromatic heterocycles. The van der Waals surface area contributed by atoms with Crippen molar-refractivity contribution in [1.29, 1.82) is 0 Å². The average molecular weight is 259 g/mol. The van der Waals surface area contributed by atoms with Crippen molar-refractivity contribution < 1.29 is 17.9 Å². The number of rotatable bonds is 2. The predicted molar refractivity (Wildman–Crippen MR) is 62.3 cm³/mol. The number of halogens is 1. The van der Waals surface area contributed by atoms with E-state index >= 15 is 0 Å². The zero-order chi connectivity index (χ0) is 12.6. The Morgan fingerprint density at radius 2 is 2.24 bits per heavy atom. The van der Waals surface area contributed by atoms with Crippen molar-refractivity contribution in [2.45, 2.75) is 17.4 Å². The van der Waals surface area contributed by atoms with E-state index in [0.717, 1.165) is 0 Å². The molecule has 0 bridgehead atoms. The largest absolute Gasteiger partial charge is 0.396 e. The number of benzene rings is 1. The molecule has 94 valence electrons. The summed E-state index contributed by atoms with van der Waals surface area (Å²) in [5.74, 6) is -0.628. The van der Waals surface area contributed by atoms with E-state index in [1.165, 1.54) is 18.2 Å². The number of fused-ring (bicyclic) bond motifs is 1. The van der Waals surface area contributed by atoms with Gasteiger partial charge in [-0.3, -0.25) is 0 Å². The Kier molecular flexibility index (Phi) is 3.09. The third kappa shape index (κ3) is 2.02. The first-order chi connectivity index (χ1) is 7.97. The topological polar surface area (TPSA) is 57.6 Å². The number of anilines is 1. The van der Waals surface area contributed by atoms with Gasteiger partial charge >= 0.3 is 0 Å². The molecule has 0 fully saturated rings. The standard InChI is InChI=1S/C11H14FNO3S/c1-13-8(5-6-14)7-17(15,16)10-4-2-3-9(12)11(10)13/h2-4,8,14H,5-7H2,1H3. The molecule has 17 heavy (non-hydrogen) atoms. The van der Waals surface area contributed by atoms with Gasteiger partial charge in [-0.25, -0.2) is 12.8 Å². The van der Waals surface area contributed by atoms with Crippen LogP contribution in [0, 0.1) is 5.82 Å². The van der Waals surface area contributed by atoms with Crippen molar-refractivity contribution >= 4 is 15.5 Å². The van der Waals surface area contributed by atoms with Crippen molar-refractivity contribution in [2.24, 2.45) is 0 Å². The summed E-state index contributed by atoms with van der Waals surface area (Å²) in [5, 5.41) is 8.91. The van der Waals surface area contributed by atoms with Crippen molar-refractivity contribution in [3.8, 4) is 0 Å². The second-order valence-corrected chi connectivity index (χ2v) is 6.15. The lowest BCUT2D eigenvalue weighted by molar-refractivity contribution is 0.277. The van der Waals surface area contributed by atoms with Crippen LogP contribution < -0.4 is 4.90 Å². The van der Waals surface area contributed by atoms with Crippen LogP contribution in [0.3, 0.4) is 0 Å². The monoisotopic (exact) mass is 259 g/mol. The average Bonchev–Trinajstić information content (AvgIpc) is 2.25. The number of sulfone groups is 1. The highest BCUT2D eigenvalue weighted by atomic mass is 32.2. The summed E-state index contributed by atoms with van der Waals surface area (Å²) in [4.78, 5) is 1.64. The van der Waals surface area contributed by atoms with Gasteiger partial charge in [-0.15, -0.1) is 0 Å². The molecular weight excluding hydrogens is 245 g/mol. The molecule has 0 aliphatic carbocycles. The second-order valence-electron chi connectivity index (χ2n) is 4.15. The summed E-state index contributed by atoms with van der Waals surface area (Å²) in [5.41, 5.74) is 0.109. The highest BCUT2D eigenvalue weighted by molar-refractivity contribution is 7.91. The van der Waals surface area contributed by atoms with Gasteiger partial charge in [0.05, 0.1) is 16.3 Å². The van der Waals surface area contributed by atoms with Crippen LogP contribution in [0.2, 0.25) is 0 Å². The molecule has 6 heteroatoms. The fourth-order valence-corrected chi connectivity index (χ4v) is 4.05. The molecule has 1 heterocycles. The van der Waals surface area contributed by atoms with Gasteiger partial charge in [0, 0.05) is 19.7 Å². The van der Waals surface area contributed by atoms with E-state index in [1.54, 1.807) is 11.9 Å². The Bertz CT molecular complexity index is 530. The minimum absolute atomic E-state index is 0.0363. The van der Waals surface area contributed by atoms with Crippen molar-refractivity contribution in [1.82, 2.24) is 0 Å². The van der Waals surface area contributed by atoms with E-state index in [4.69, 9.17) is 5.11 Å². The van der Waals surface area contributed by atoms with Crippen molar-refractivity contribution in [3.63, 3.8) is 0 Å². The maximum absolute atomic E-state index is 13.7. The molecule has 1 aromatic rings. The molecule has 0 saturated carbocycles. The molecule has 1 atom stereocenters. The number of aliphatic hydroxyl groups is 1. The van der Waals surface area contributed by atoms with Gasteiger partial charge in [-0.1, -0.05) is 6.07 Å². The summed E-state index contributed by atoms with van der Waals surface area (Å²) in [6.07, 6.45) is 0.309. The maximum atomic E-state index is 13.7. The van der Waals surface area contributed by atoms with Gasteiger partial charge in [0.2, 0.25) is 0 Å². The molecule has 1 aliphatic rings. The molecule has 0 saturated heterocycles. The fraction of sp³-hybridized carbons (Fsp3) is 0.455. The predicted octanol–water partition coefficient (Wildman–Crippen LogP) is 0.800. The molecule has 2 rings (SSSR count). The van der Waals surface area contributed by atoms with E-state index in [-0.39, 0.29) is 29.0 Å². The van der Waals surface area contributed by atoms with Gasteiger partial charge in [-0.2, -0.15) is 0 Å². The molecule has 1 aromatic carbocycles. The summed E-state index contributed by atoms with van der Waals surface area (Å²) in [6.45, 7) is -0.117. The zero-order valence-corrected chi connectivity index (χ0v) is 10.2. The van der Waals surface area contributed by atoms with Gasteiger partial charge < -0.3 is 10.0 Å². The van der Waals surface area contributed by atoms with Crippen molar-refractivity contribution in [2.75, 3.05) is 24.3 Å². The zero-order valence-electron chi connectivity index (χ0n) is 9.43. The van der Waals surface area contributed by atoms with Gasteiger partial charge in [0.15, 0.2) is 9.84 Å². The summed E-state index contributed by atoms with van der Waals surface area (Å²) in [6, 6.07) is 3.67. The lowest BCUT2D eigenvalue weighted by atomic mass is 10.1. The van der Waals surface area contributed by atoms with Crippen molar-refractivity contribution in [3.05, 3.63) is 24.0 Å². The number of aliphatic hydroxyl groups excluding tert-OH is 1. The van der Waals surface area contributed by atoms with Crippen LogP contribution in [0.25, 0.3) is 0 Å². The first-order valence-electron chi connectivity index (χ1n) is 5.32. The lowest BCUT2D eigenvalue weighted by Crippen LogP contribution is -2.43. The normalized spacial score (nSPS) is 22.3. The molecule has 4 nitrogen and oxygen atoms in total. The highest BCUT2D eigenvalue weighted by Crippen LogP contribution is 2.35. The van der Waals surface area contributed by atoms with E-state index in [9.17, 15) is 12.8 Å². The Morgan fingerprint density at radius 3 is 2.88 bits per heavy atom. The van der Waals surface area contributed by atoms with Crippen LogP contribution in [0.4, 0.5) is 10.1 Å². The van der Waals surface area contributed by atoms with Crippen LogP contribution in [0.5, 0.6) is 0 Å². The Balaban J connectivity index is 2.58. The molecule has 1 unspecified atom stereocenters. The molecule has 0 amide bonds. The summed E-state index contributed by atoms with van der Waals surface area (Å²) >= 11 is 0. The van der Waals surface area contributed by atoms with Crippen LogP contribution in [0.15, 0.2) is 23.1 Å². The smallest absolute Gasteiger partial charge is 0.182 e. The summed E-state index contributed by atoms with van der Waals surface area (Å²) < 4.78 is 37.7. The molecule has 0 spiro atoms. The van der Waals surface area contributed by atoms with Gasteiger partial charge in [0.1, 0.15) is 5.82 Å². The third-order valence-electron chi connectivity index (χ3n) is 3.06. The molecule has 1 aliphatic heterocycles. The van der Waals surface area contributed by atoms with E-state index in [2.05, 4.69) is 0 Å². The van der Waals surface area contributed by atoms with E-state index in [0.29, 0.717) is 6.42 Å². The number of hydrogen-bond donors (Lipinski definition) is 1. The number of para-hydroxylation sites is 1. The van der Waals surface area contributed by atoms with Crippen LogP contribution in [0.1, 0.15) is 6.42 Å². The highest BCUT2D eigenvalue weighted by Gasteiger charge is 2.35. The maximum Gasteiger partial charge on any atom is 0.182 e. The molecule has 1 N–H and O–H groups in total. The first-order valence-corrected chi connectivity index (χ1v) is 6.97. The van der Waals surface area contributed by atoms with Crippen LogP contribution in [-0.4, -0.2) is 39.0 Å². The number of hydrogen-bond acceptors (Lipinski definition) is 4. The van der Waals surface area contributed by atoms with E-state index < -0.39 is 15.7 Å². The summed E-state index contributed by atoms with van der Waals surface area (Å²) in [7, 11) is -1.81. The third-order valence-corrected chi connectivity index (χ3v) is 4.88. The minimum Gasteiger partial charge on any atom is -0.396 e. The molecule has 0 radical (unpaired) electrons. The molecular formula is C11H14FNO3S. The lowest BCUT2D eigenvalue weighted by Gasteiger charge is -2.35. The van der Waals surface area contributed by atoms with Crippen LogP contribution >= 0.6 is 0 Å². The Labute approximate surface area is 99.6 Å². The van der Waals surface area contributed by atoms with Gasteiger partial charge in [-0.05, 0) is 18.6 Å². The minimum atomic E-state index is -3.46. The Hall–Kier alpha value is -1.14.